The van der Waals surface area contributed by atoms with Crippen molar-refractivity contribution in [2.45, 2.75) is 18.9 Å². The fraction of sp³-hybridized carbons (Fsp3) is 0.667. The highest BCUT2D eigenvalue weighted by Crippen LogP contribution is 2.33. The molecule has 2 aliphatic rings. The summed E-state index contributed by atoms with van der Waals surface area (Å²) in [5, 5.41) is 8.12. The summed E-state index contributed by atoms with van der Waals surface area (Å²) < 4.78 is 0. The van der Waals surface area contributed by atoms with Gasteiger partial charge >= 0.3 is 0 Å². The normalized spacial score (nSPS) is 25.6. The van der Waals surface area contributed by atoms with Gasteiger partial charge in [-0.05, 0) is 25.9 Å². The Balaban J connectivity index is 1.66. The van der Waals surface area contributed by atoms with Crippen LogP contribution < -0.4 is 10.2 Å². The second-order valence-corrected chi connectivity index (χ2v) is 5.64. The summed E-state index contributed by atoms with van der Waals surface area (Å²) in [6.07, 6.45) is 2.76. The maximum absolute atomic E-state index is 3.66. The third-order valence-electron chi connectivity index (χ3n) is 3.58. The van der Waals surface area contributed by atoms with Gasteiger partial charge in [0.1, 0.15) is 0 Å². The highest BCUT2D eigenvalue weighted by molar-refractivity contribution is 7.09. The molecule has 0 radical (unpaired) electrons. The third-order valence-corrected chi connectivity index (χ3v) is 4.32. The van der Waals surface area contributed by atoms with Crippen LogP contribution in [-0.2, 0) is 0 Å². The zero-order valence-electron chi connectivity index (χ0n) is 9.78. The quantitative estimate of drug-likeness (QED) is 0.849. The first-order chi connectivity index (χ1) is 7.83. The first kappa shape index (κ1) is 10.4. The molecule has 3 nitrogen and oxygen atoms in total. The van der Waals surface area contributed by atoms with Crippen molar-refractivity contribution in [1.29, 1.82) is 0 Å². The molecular weight excluding hydrogens is 218 g/mol. The maximum atomic E-state index is 3.66. The zero-order chi connectivity index (χ0) is 11.0. The number of nitrogens with one attached hydrogen (secondary N) is 1. The number of likely N-dealkylation sites (tertiary alicyclic amines) is 1. The van der Waals surface area contributed by atoms with Gasteiger partial charge in [0.15, 0.2) is 0 Å². The lowest BCUT2D eigenvalue weighted by Crippen LogP contribution is -2.45. The molecule has 3 heterocycles. The summed E-state index contributed by atoms with van der Waals surface area (Å²) in [6.45, 7) is 4.90. The fourth-order valence-electron chi connectivity index (χ4n) is 2.77. The van der Waals surface area contributed by atoms with Crippen molar-refractivity contribution in [3.8, 4) is 0 Å². The average molecular weight is 237 g/mol. The number of rotatable bonds is 2. The molecule has 0 aromatic carbocycles. The summed E-state index contributed by atoms with van der Waals surface area (Å²) in [6, 6.07) is 0.588. The molecule has 2 aliphatic heterocycles. The van der Waals surface area contributed by atoms with Crippen LogP contribution in [0.25, 0.3) is 0 Å². The van der Waals surface area contributed by atoms with Crippen LogP contribution in [-0.4, -0.2) is 44.2 Å². The smallest absolute Gasteiger partial charge is 0.0709 e. The standard InChI is InChI=1S/C12H19N3S/c1-14-6-10(7-15-4-2-3-5-15)13-11-8-16-9-12(11)14/h8-10,13H,2-7H2,1H3. The molecule has 4 heteroatoms. The number of likely N-dealkylation sites (N-methyl/N-ethyl adjacent to an activating group) is 1. The van der Waals surface area contributed by atoms with E-state index in [1.807, 2.05) is 0 Å². The van der Waals surface area contributed by atoms with E-state index >= 15 is 0 Å². The predicted octanol–water partition coefficient (Wildman–Crippen LogP) is 2.07. The van der Waals surface area contributed by atoms with E-state index in [9.17, 15) is 0 Å². The lowest BCUT2D eigenvalue weighted by atomic mass is 10.2. The van der Waals surface area contributed by atoms with Crippen molar-refractivity contribution < 1.29 is 0 Å². The number of anilines is 2. The first-order valence-corrected chi connectivity index (χ1v) is 7.03. The molecule has 1 N–H and O–H groups in total. The van der Waals surface area contributed by atoms with Gasteiger partial charge in [0.25, 0.3) is 0 Å². The van der Waals surface area contributed by atoms with Crippen molar-refractivity contribution in [3.63, 3.8) is 0 Å². The molecule has 0 amide bonds. The van der Waals surface area contributed by atoms with Crippen molar-refractivity contribution in [2.75, 3.05) is 43.4 Å². The van der Waals surface area contributed by atoms with Crippen LogP contribution in [0.2, 0.25) is 0 Å². The van der Waals surface area contributed by atoms with Crippen molar-refractivity contribution >= 4 is 22.7 Å². The van der Waals surface area contributed by atoms with Gasteiger partial charge in [-0.1, -0.05) is 0 Å². The van der Waals surface area contributed by atoms with Gasteiger partial charge in [0, 0.05) is 30.9 Å². The Kier molecular flexibility index (Phi) is 2.77. The second-order valence-electron chi connectivity index (χ2n) is 4.90. The number of fused-ring (bicyclic) bond motifs is 1. The summed E-state index contributed by atoms with van der Waals surface area (Å²) >= 11 is 1.79. The number of thiophene rings is 1. The molecule has 1 aromatic rings. The molecule has 1 fully saturated rings. The van der Waals surface area contributed by atoms with E-state index in [2.05, 4.69) is 32.9 Å². The molecular formula is C12H19N3S. The predicted molar refractivity (Wildman–Crippen MR) is 70.7 cm³/mol. The highest BCUT2D eigenvalue weighted by Gasteiger charge is 2.24. The first-order valence-electron chi connectivity index (χ1n) is 6.09. The molecule has 3 rings (SSSR count). The Hall–Kier alpha value is -0.740. The summed E-state index contributed by atoms with van der Waals surface area (Å²) in [4.78, 5) is 4.96. The molecule has 1 atom stereocenters. The van der Waals surface area contributed by atoms with Gasteiger partial charge in [0.2, 0.25) is 0 Å². The van der Waals surface area contributed by atoms with Crippen LogP contribution in [0.4, 0.5) is 11.4 Å². The maximum Gasteiger partial charge on any atom is 0.0709 e. The molecule has 0 saturated carbocycles. The zero-order valence-corrected chi connectivity index (χ0v) is 10.6. The average Bonchev–Trinajstić information content (AvgIpc) is 2.87. The topological polar surface area (TPSA) is 18.5 Å². The number of hydrogen-bond acceptors (Lipinski definition) is 4. The third kappa shape index (κ3) is 1.92. The molecule has 0 bridgehead atoms. The van der Waals surface area contributed by atoms with Crippen LogP contribution in [0.3, 0.4) is 0 Å². The molecule has 0 spiro atoms. The van der Waals surface area contributed by atoms with E-state index in [-0.39, 0.29) is 0 Å². The summed E-state index contributed by atoms with van der Waals surface area (Å²) in [5.74, 6) is 0. The number of nitrogens with zero attached hydrogens (tertiary/aromatic N) is 2. The van der Waals surface area contributed by atoms with Gasteiger partial charge < -0.3 is 15.1 Å². The minimum Gasteiger partial charge on any atom is -0.377 e. The van der Waals surface area contributed by atoms with Gasteiger partial charge in [-0.25, -0.2) is 0 Å². The Bertz CT molecular complexity index is 357. The van der Waals surface area contributed by atoms with Crippen molar-refractivity contribution in [1.82, 2.24) is 4.90 Å². The summed E-state index contributed by atoms with van der Waals surface area (Å²) in [7, 11) is 2.20. The van der Waals surface area contributed by atoms with Gasteiger partial charge in [-0.2, -0.15) is 0 Å². The highest BCUT2D eigenvalue weighted by atomic mass is 32.1. The Morgan fingerprint density at radius 2 is 2.19 bits per heavy atom. The van der Waals surface area contributed by atoms with E-state index in [1.54, 1.807) is 11.3 Å². The van der Waals surface area contributed by atoms with Gasteiger partial charge in [-0.3, -0.25) is 0 Å². The molecule has 1 saturated heterocycles. The molecule has 0 aliphatic carbocycles. The molecule has 88 valence electrons. The molecule has 16 heavy (non-hydrogen) atoms. The lowest BCUT2D eigenvalue weighted by molar-refractivity contribution is 0.321. The van der Waals surface area contributed by atoms with Gasteiger partial charge in [0.05, 0.1) is 17.4 Å². The minimum atomic E-state index is 0.588. The molecule has 1 aromatic heterocycles. The number of hydrogen-bond donors (Lipinski definition) is 1. The fourth-order valence-corrected chi connectivity index (χ4v) is 3.60. The lowest BCUT2D eigenvalue weighted by Gasteiger charge is -2.35. The van der Waals surface area contributed by atoms with E-state index in [0.29, 0.717) is 6.04 Å². The van der Waals surface area contributed by atoms with Crippen LogP contribution in [0.15, 0.2) is 10.8 Å². The van der Waals surface area contributed by atoms with E-state index in [4.69, 9.17) is 0 Å². The van der Waals surface area contributed by atoms with E-state index in [1.165, 1.54) is 43.9 Å². The Labute approximate surface area is 101 Å². The van der Waals surface area contributed by atoms with Crippen LogP contribution >= 0.6 is 11.3 Å². The molecule has 1 unspecified atom stereocenters. The van der Waals surface area contributed by atoms with Crippen LogP contribution in [0, 0.1) is 0 Å². The van der Waals surface area contributed by atoms with E-state index in [0.717, 1.165) is 6.54 Å². The van der Waals surface area contributed by atoms with Crippen LogP contribution in [0.5, 0.6) is 0 Å². The van der Waals surface area contributed by atoms with Gasteiger partial charge in [-0.15, -0.1) is 11.3 Å². The van der Waals surface area contributed by atoms with Crippen molar-refractivity contribution in [2.24, 2.45) is 0 Å². The van der Waals surface area contributed by atoms with E-state index < -0.39 is 0 Å². The summed E-state index contributed by atoms with van der Waals surface area (Å²) in [5.41, 5.74) is 2.69. The Morgan fingerprint density at radius 1 is 1.38 bits per heavy atom. The minimum absolute atomic E-state index is 0.588. The van der Waals surface area contributed by atoms with Crippen molar-refractivity contribution in [3.05, 3.63) is 10.8 Å². The Morgan fingerprint density at radius 3 is 3.00 bits per heavy atom. The largest absolute Gasteiger partial charge is 0.377 e. The monoisotopic (exact) mass is 237 g/mol. The SMILES string of the molecule is CN1CC(CN2CCCC2)Nc2cscc21. The van der Waals surface area contributed by atoms with Crippen LogP contribution in [0.1, 0.15) is 12.8 Å². The second kappa shape index (κ2) is 4.26.